The van der Waals surface area contributed by atoms with Gasteiger partial charge in [-0.25, -0.2) is 0 Å². The second kappa shape index (κ2) is 5.92. The van der Waals surface area contributed by atoms with Gasteiger partial charge in [-0.2, -0.15) is 0 Å². The standard InChI is InChI=1S/C12H19BrS/c1-4-11-5-6-12(14-11)8-9(2)7-10(3)13/h5-6,9-10H,4,7-8H2,1-3H3. The van der Waals surface area contributed by atoms with Gasteiger partial charge < -0.3 is 0 Å². The second-order valence-corrected chi connectivity index (χ2v) is 6.86. The van der Waals surface area contributed by atoms with Gasteiger partial charge >= 0.3 is 0 Å². The fourth-order valence-corrected chi connectivity index (χ4v) is 3.46. The zero-order chi connectivity index (χ0) is 10.6. The molecular weight excluding hydrogens is 256 g/mol. The summed E-state index contributed by atoms with van der Waals surface area (Å²) in [6.07, 6.45) is 3.67. The molecule has 0 saturated carbocycles. The van der Waals surface area contributed by atoms with Crippen LogP contribution in [0.5, 0.6) is 0 Å². The fraction of sp³-hybridized carbons (Fsp3) is 0.667. The molecule has 0 aliphatic heterocycles. The van der Waals surface area contributed by atoms with Crippen LogP contribution < -0.4 is 0 Å². The molecule has 80 valence electrons. The Balaban J connectivity index is 2.43. The zero-order valence-electron chi connectivity index (χ0n) is 9.22. The van der Waals surface area contributed by atoms with Gasteiger partial charge in [0.25, 0.3) is 0 Å². The fourth-order valence-electron chi connectivity index (χ4n) is 1.70. The number of hydrogen-bond donors (Lipinski definition) is 0. The molecule has 0 nitrogen and oxygen atoms in total. The second-order valence-electron chi connectivity index (χ2n) is 4.05. The summed E-state index contributed by atoms with van der Waals surface area (Å²) in [7, 11) is 0. The Morgan fingerprint density at radius 2 is 1.93 bits per heavy atom. The minimum absolute atomic E-state index is 0.642. The number of rotatable bonds is 5. The lowest BCUT2D eigenvalue weighted by molar-refractivity contribution is 0.537. The van der Waals surface area contributed by atoms with Gasteiger partial charge in [0.1, 0.15) is 0 Å². The van der Waals surface area contributed by atoms with Gasteiger partial charge in [-0.1, -0.05) is 36.7 Å². The number of aryl methyl sites for hydroxylation is 1. The van der Waals surface area contributed by atoms with Crippen LogP contribution >= 0.6 is 27.3 Å². The van der Waals surface area contributed by atoms with Gasteiger partial charge in [0.15, 0.2) is 0 Å². The van der Waals surface area contributed by atoms with Gasteiger partial charge in [-0.15, -0.1) is 11.3 Å². The molecule has 0 fully saturated rings. The van der Waals surface area contributed by atoms with Gasteiger partial charge in [0.2, 0.25) is 0 Å². The smallest absolute Gasteiger partial charge is 0.0120 e. The van der Waals surface area contributed by atoms with Crippen molar-refractivity contribution in [1.29, 1.82) is 0 Å². The molecule has 0 N–H and O–H groups in total. The van der Waals surface area contributed by atoms with Crippen LogP contribution in [-0.2, 0) is 12.8 Å². The van der Waals surface area contributed by atoms with Gasteiger partial charge in [-0.05, 0) is 37.3 Å². The van der Waals surface area contributed by atoms with Crippen LogP contribution in [0.2, 0.25) is 0 Å². The summed E-state index contributed by atoms with van der Waals surface area (Å²) in [5.74, 6) is 0.785. The van der Waals surface area contributed by atoms with Crippen molar-refractivity contribution in [1.82, 2.24) is 0 Å². The van der Waals surface area contributed by atoms with E-state index in [9.17, 15) is 0 Å². The summed E-state index contributed by atoms with van der Waals surface area (Å²) < 4.78 is 0. The summed E-state index contributed by atoms with van der Waals surface area (Å²) in [6.45, 7) is 6.78. The lowest BCUT2D eigenvalue weighted by atomic mass is 10.0. The van der Waals surface area contributed by atoms with Crippen molar-refractivity contribution in [2.75, 3.05) is 0 Å². The third-order valence-corrected chi connectivity index (χ3v) is 3.97. The van der Waals surface area contributed by atoms with E-state index >= 15 is 0 Å². The molecule has 2 atom stereocenters. The third-order valence-electron chi connectivity index (χ3n) is 2.34. The SMILES string of the molecule is CCc1ccc(CC(C)CC(C)Br)s1. The molecule has 0 bridgehead atoms. The number of alkyl halides is 1. The van der Waals surface area contributed by atoms with Crippen molar-refractivity contribution in [3.8, 4) is 0 Å². The van der Waals surface area contributed by atoms with Crippen LogP contribution in [0.1, 0.15) is 36.9 Å². The van der Waals surface area contributed by atoms with E-state index in [2.05, 4.69) is 48.8 Å². The van der Waals surface area contributed by atoms with Gasteiger partial charge in [0.05, 0.1) is 0 Å². The van der Waals surface area contributed by atoms with E-state index in [4.69, 9.17) is 0 Å². The van der Waals surface area contributed by atoms with E-state index < -0.39 is 0 Å². The van der Waals surface area contributed by atoms with E-state index in [1.54, 1.807) is 4.88 Å². The Kier molecular flexibility index (Phi) is 5.18. The molecule has 1 rings (SSSR count). The highest BCUT2D eigenvalue weighted by molar-refractivity contribution is 9.09. The molecule has 2 heteroatoms. The Hall–Kier alpha value is 0.180. The van der Waals surface area contributed by atoms with Crippen molar-refractivity contribution < 1.29 is 0 Å². The topological polar surface area (TPSA) is 0 Å². The number of hydrogen-bond acceptors (Lipinski definition) is 1. The number of halogens is 1. The summed E-state index contributed by atoms with van der Waals surface area (Å²) in [4.78, 5) is 3.70. The Labute approximate surface area is 99.9 Å². The predicted octanol–water partition coefficient (Wildman–Crippen LogP) is 4.66. The maximum Gasteiger partial charge on any atom is 0.0120 e. The van der Waals surface area contributed by atoms with Crippen LogP contribution in [0, 0.1) is 5.92 Å². The van der Waals surface area contributed by atoms with Crippen LogP contribution in [0.4, 0.5) is 0 Å². The molecule has 0 saturated heterocycles. The van der Waals surface area contributed by atoms with Crippen molar-refractivity contribution in [3.05, 3.63) is 21.9 Å². The van der Waals surface area contributed by atoms with E-state index in [-0.39, 0.29) is 0 Å². The molecule has 0 radical (unpaired) electrons. The molecule has 0 aliphatic carbocycles. The lowest BCUT2D eigenvalue weighted by Crippen LogP contribution is -2.03. The van der Waals surface area contributed by atoms with E-state index in [0.717, 1.165) is 5.92 Å². The number of thiophene rings is 1. The van der Waals surface area contributed by atoms with Crippen LogP contribution in [0.3, 0.4) is 0 Å². The minimum Gasteiger partial charge on any atom is -0.145 e. The molecule has 0 spiro atoms. The van der Waals surface area contributed by atoms with Crippen molar-refractivity contribution in [2.24, 2.45) is 5.92 Å². The molecule has 14 heavy (non-hydrogen) atoms. The monoisotopic (exact) mass is 274 g/mol. The van der Waals surface area contributed by atoms with E-state index in [0.29, 0.717) is 4.83 Å². The summed E-state index contributed by atoms with van der Waals surface area (Å²) in [5, 5.41) is 0. The van der Waals surface area contributed by atoms with Gasteiger partial charge in [-0.3, -0.25) is 0 Å². The summed E-state index contributed by atoms with van der Waals surface area (Å²) in [6, 6.07) is 4.56. The summed E-state index contributed by atoms with van der Waals surface area (Å²) >= 11 is 5.58. The predicted molar refractivity (Wildman–Crippen MR) is 69.6 cm³/mol. The first-order valence-corrected chi connectivity index (χ1v) is 7.06. The van der Waals surface area contributed by atoms with Crippen LogP contribution in [0.15, 0.2) is 12.1 Å². The first kappa shape index (κ1) is 12.3. The molecule has 1 aromatic heterocycles. The average molecular weight is 275 g/mol. The first-order valence-electron chi connectivity index (χ1n) is 5.33. The first-order chi connectivity index (χ1) is 6.61. The van der Waals surface area contributed by atoms with Crippen molar-refractivity contribution in [3.63, 3.8) is 0 Å². The highest BCUT2D eigenvalue weighted by atomic mass is 79.9. The third kappa shape index (κ3) is 4.14. The molecule has 0 aliphatic rings. The van der Waals surface area contributed by atoms with E-state index in [1.165, 1.54) is 24.1 Å². The quantitative estimate of drug-likeness (QED) is 0.685. The summed E-state index contributed by atoms with van der Waals surface area (Å²) in [5.41, 5.74) is 0. The Morgan fingerprint density at radius 3 is 2.43 bits per heavy atom. The molecule has 1 heterocycles. The molecule has 0 aromatic carbocycles. The molecule has 0 amide bonds. The van der Waals surface area contributed by atoms with Gasteiger partial charge in [0, 0.05) is 14.6 Å². The Morgan fingerprint density at radius 1 is 1.29 bits per heavy atom. The molecular formula is C12H19BrS. The van der Waals surface area contributed by atoms with Crippen molar-refractivity contribution in [2.45, 2.75) is 44.9 Å². The Bertz CT molecular complexity index is 265. The van der Waals surface area contributed by atoms with Crippen LogP contribution in [-0.4, -0.2) is 4.83 Å². The lowest BCUT2D eigenvalue weighted by Gasteiger charge is -2.11. The average Bonchev–Trinajstić information content (AvgIpc) is 2.50. The maximum absolute atomic E-state index is 3.61. The van der Waals surface area contributed by atoms with Crippen molar-refractivity contribution >= 4 is 27.3 Å². The van der Waals surface area contributed by atoms with E-state index in [1.807, 2.05) is 11.3 Å². The van der Waals surface area contributed by atoms with Crippen LogP contribution in [0.25, 0.3) is 0 Å². The highest BCUT2D eigenvalue weighted by Crippen LogP contribution is 2.23. The molecule has 2 unspecified atom stereocenters. The molecule has 1 aromatic rings. The highest BCUT2D eigenvalue weighted by Gasteiger charge is 2.08. The maximum atomic E-state index is 3.61. The largest absolute Gasteiger partial charge is 0.145 e. The normalized spacial score (nSPS) is 15.4. The minimum atomic E-state index is 0.642. The zero-order valence-corrected chi connectivity index (χ0v) is 11.6.